The molecule has 0 radical (unpaired) electrons. The molecule has 1 aromatic heterocycles. The SMILES string of the molecule is NCCCn1ccnc1.NS(=O)(=O)c1ccc(C(=O)O)cc1. The van der Waals surface area contributed by atoms with Gasteiger partial charge in [-0.2, -0.15) is 0 Å². The molecule has 0 aliphatic carbocycles. The minimum Gasteiger partial charge on any atom is -0.478 e. The second-order valence-corrected chi connectivity index (χ2v) is 5.88. The molecule has 120 valence electrons. The molecule has 9 heteroatoms. The molecule has 0 fully saturated rings. The van der Waals surface area contributed by atoms with Crippen LogP contribution in [0.25, 0.3) is 0 Å². The maximum atomic E-state index is 10.7. The van der Waals surface area contributed by atoms with Crippen LogP contribution in [0.4, 0.5) is 0 Å². The van der Waals surface area contributed by atoms with Gasteiger partial charge in [-0.1, -0.05) is 0 Å². The van der Waals surface area contributed by atoms with Crippen molar-refractivity contribution in [2.75, 3.05) is 6.54 Å². The van der Waals surface area contributed by atoms with E-state index in [1.165, 1.54) is 12.1 Å². The molecule has 0 atom stereocenters. The summed E-state index contributed by atoms with van der Waals surface area (Å²) >= 11 is 0. The van der Waals surface area contributed by atoms with Crippen molar-refractivity contribution < 1.29 is 18.3 Å². The minimum atomic E-state index is -3.74. The van der Waals surface area contributed by atoms with E-state index in [-0.39, 0.29) is 10.5 Å². The van der Waals surface area contributed by atoms with Gasteiger partial charge in [-0.15, -0.1) is 0 Å². The fraction of sp³-hybridized carbons (Fsp3) is 0.231. The number of rotatable bonds is 5. The van der Waals surface area contributed by atoms with E-state index in [4.69, 9.17) is 16.0 Å². The second-order valence-electron chi connectivity index (χ2n) is 4.32. The zero-order chi connectivity index (χ0) is 16.6. The van der Waals surface area contributed by atoms with Crippen LogP contribution >= 0.6 is 0 Å². The summed E-state index contributed by atoms with van der Waals surface area (Å²) in [5, 5.41) is 13.3. The van der Waals surface area contributed by atoms with Gasteiger partial charge in [-0.25, -0.2) is 23.3 Å². The van der Waals surface area contributed by atoms with Crippen LogP contribution in [0.3, 0.4) is 0 Å². The molecule has 2 aromatic rings. The summed E-state index contributed by atoms with van der Waals surface area (Å²) < 4.78 is 23.5. The van der Waals surface area contributed by atoms with Gasteiger partial charge in [-0.3, -0.25) is 0 Å². The van der Waals surface area contributed by atoms with Crippen molar-refractivity contribution in [2.24, 2.45) is 10.9 Å². The highest BCUT2D eigenvalue weighted by Crippen LogP contribution is 2.08. The van der Waals surface area contributed by atoms with E-state index < -0.39 is 16.0 Å². The topological polar surface area (TPSA) is 141 Å². The highest BCUT2D eigenvalue weighted by atomic mass is 32.2. The third-order valence-corrected chi connectivity index (χ3v) is 3.54. The molecule has 0 aliphatic heterocycles. The molecular weight excluding hydrogens is 308 g/mol. The zero-order valence-electron chi connectivity index (χ0n) is 11.8. The van der Waals surface area contributed by atoms with Gasteiger partial charge in [0, 0.05) is 18.9 Å². The predicted molar refractivity (Wildman–Crippen MR) is 80.7 cm³/mol. The number of imidazole rings is 1. The Morgan fingerprint density at radius 3 is 2.32 bits per heavy atom. The first-order valence-electron chi connectivity index (χ1n) is 6.36. The Bertz CT molecular complexity index is 681. The number of nitrogens with zero attached hydrogens (tertiary/aromatic N) is 2. The second kappa shape index (κ2) is 8.27. The minimum absolute atomic E-state index is 0.0207. The van der Waals surface area contributed by atoms with Gasteiger partial charge in [0.15, 0.2) is 0 Å². The molecule has 8 nitrogen and oxygen atoms in total. The number of aryl methyl sites for hydroxylation is 1. The number of aromatic nitrogens is 2. The van der Waals surface area contributed by atoms with Crippen LogP contribution in [0, 0.1) is 0 Å². The molecule has 2 rings (SSSR count). The lowest BCUT2D eigenvalue weighted by molar-refractivity contribution is 0.0696. The molecule has 0 bridgehead atoms. The van der Waals surface area contributed by atoms with Gasteiger partial charge in [-0.05, 0) is 37.2 Å². The predicted octanol–water partition coefficient (Wildman–Crippen LogP) is 0.264. The number of carbonyl (C=O) groups is 1. The number of nitrogens with two attached hydrogens (primary N) is 2. The van der Waals surface area contributed by atoms with E-state index in [1.54, 1.807) is 12.5 Å². The number of hydrogen-bond acceptors (Lipinski definition) is 5. The fourth-order valence-electron chi connectivity index (χ4n) is 1.48. The first-order valence-corrected chi connectivity index (χ1v) is 7.91. The lowest BCUT2D eigenvalue weighted by Crippen LogP contribution is -2.12. The van der Waals surface area contributed by atoms with Crippen LogP contribution in [0.1, 0.15) is 16.8 Å². The van der Waals surface area contributed by atoms with Crippen LogP contribution in [0.15, 0.2) is 47.9 Å². The monoisotopic (exact) mass is 326 g/mol. The van der Waals surface area contributed by atoms with Crippen LogP contribution < -0.4 is 10.9 Å². The first kappa shape index (κ1) is 17.8. The zero-order valence-corrected chi connectivity index (χ0v) is 12.6. The molecule has 0 aliphatic rings. The van der Waals surface area contributed by atoms with E-state index in [0.29, 0.717) is 0 Å². The molecule has 22 heavy (non-hydrogen) atoms. The summed E-state index contributed by atoms with van der Waals surface area (Å²) in [5.74, 6) is -1.11. The molecule has 1 heterocycles. The summed E-state index contributed by atoms with van der Waals surface area (Å²) in [7, 11) is -3.74. The number of aromatic carboxylic acids is 1. The van der Waals surface area contributed by atoms with E-state index in [9.17, 15) is 13.2 Å². The Labute approximate surface area is 128 Å². The van der Waals surface area contributed by atoms with Crippen molar-refractivity contribution in [1.82, 2.24) is 9.55 Å². The number of carboxylic acids is 1. The standard InChI is InChI=1S/C7H7NO4S.C6H11N3/c8-13(11,12)6-3-1-5(2-4-6)7(9)10;7-2-1-4-9-5-3-8-6-9/h1-4H,(H,9,10)(H2,8,11,12);3,5-6H,1-2,4,7H2. The molecule has 0 saturated heterocycles. The Hall–Kier alpha value is -2.23. The Balaban J connectivity index is 0.000000235. The Morgan fingerprint density at radius 1 is 1.27 bits per heavy atom. The fourth-order valence-corrected chi connectivity index (χ4v) is 2.00. The quantitative estimate of drug-likeness (QED) is 0.719. The normalized spacial score (nSPS) is 10.6. The van der Waals surface area contributed by atoms with Crippen molar-refractivity contribution in [3.8, 4) is 0 Å². The summed E-state index contributed by atoms with van der Waals surface area (Å²) in [4.78, 5) is 14.2. The number of carboxylic acid groups (broad SMARTS) is 1. The van der Waals surface area contributed by atoms with Crippen molar-refractivity contribution in [3.05, 3.63) is 48.5 Å². The van der Waals surface area contributed by atoms with Gasteiger partial charge in [0.2, 0.25) is 10.0 Å². The summed E-state index contributed by atoms with van der Waals surface area (Å²) in [6, 6.07) is 4.67. The van der Waals surface area contributed by atoms with Gasteiger partial charge in [0.25, 0.3) is 0 Å². The smallest absolute Gasteiger partial charge is 0.335 e. The number of sulfonamides is 1. The largest absolute Gasteiger partial charge is 0.478 e. The van der Waals surface area contributed by atoms with Crippen LogP contribution in [-0.4, -0.2) is 35.6 Å². The highest BCUT2D eigenvalue weighted by molar-refractivity contribution is 7.89. The number of hydrogen-bond donors (Lipinski definition) is 3. The van der Waals surface area contributed by atoms with Gasteiger partial charge in [0.1, 0.15) is 0 Å². The van der Waals surface area contributed by atoms with Crippen molar-refractivity contribution in [1.29, 1.82) is 0 Å². The Kier molecular flexibility index (Phi) is 6.70. The molecule has 5 N–H and O–H groups in total. The first-order chi connectivity index (χ1) is 10.3. The van der Waals surface area contributed by atoms with Crippen molar-refractivity contribution in [3.63, 3.8) is 0 Å². The van der Waals surface area contributed by atoms with E-state index in [0.717, 1.165) is 31.6 Å². The lowest BCUT2D eigenvalue weighted by Gasteiger charge is -1.97. The number of primary sulfonamides is 1. The van der Waals surface area contributed by atoms with E-state index >= 15 is 0 Å². The molecule has 0 spiro atoms. The van der Waals surface area contributed by atoms with Crippen molar-refractivity contribution in [2.45, 2.75) is 17.9 Å². The van der Waals surface area contributed by atoms with Gasteiger partial charge >= 0.3 is 5.97 Å². The lowest BCUT2D eigenvalue weighted by atomic mass is 10.2. The molecule has 0 unspecified atom stereocenters. The van der Waals surface area contributed by atoms with Crippen LogP contribution in [0.5, 0.6) is 0 Å². The summed E-state index contributed by atoms with van der Waals surface area (Å²) in [6.45, 7) is 1.73. The third-order valence-electron chi connectivity index (χ3n) is 2.61. The average Bonchev–Trinajstić information content (AvgIpc) is 2.98. The summed E-state index contributed by atoms with van der Waals surface area (Å²) in [5.41, 5.74) is 5.33. The summed E-state index contributed by atoms with van der Waals surface area (Å²) in [6.07, 6.45) is 6.54. The van der Waals surface area contributed by atoms with Crippen LogP contribution in [-0.2, 0) is 16.6 Å². The maximum Gasteiger partial charge on any atom is 0.335 e. The molecule has 1 aromatic carbocycles. The van der Waals surface area contributed by atoms with E-state index in [2.05, 4.69) is 4.98 Å². The molecular formula is C13H18N4O4S. The number of benzene rings is 1. The average molecular weight is 326 g/mol. The van der Waals surface area contributed by atoms with Crippen molar-refractivity contribution >= 4 is 16.0 Å². The third kappa shape index (κ3) is 6.04. The van der Waals surface area contributed by atoms with Gasteiger partial charge in [0.05, 0.1) is 16.8 Å². The Morgan fingerprint density at radius 2 is 1.91 bits per heavy atom. The van der Waals surface area contributed by atoms with Gasteiger partial charge < -0.3 is 15.4 Å². The van der Waals surface area contributed by atoms with E-state index in [1.807, 2.05) is 10.8 Å². The maximum absolute atomic E-state index is 10.7. The molecule has 0 saturated carbocycles. The highest BCUT2D eigenvalue weighted by Gasteiger charge is 2.08. The molecule has 0 amide bonds. The van der Waals surface area contributed by atoms with Crippen LogP contribution in [0.2, 0.25) is 0 Å².